The molecule has 0 aliphatic carbocycles. The summed E-state index contributed by atoms with van der Waals surface area (Å²) < 4.78 is 0. The first kappa shape index (κ1) is 16.3. The van der Waals surface area contributed by atoms with Gasteiger partial charge in [0, 0.05) is 44.8 Å². The lowest BCUT2D eigenvalue weighted by Gasteiger charge is -2.46. The van der Waals surface area contributed by atoms with Crippen LogP contribution in [-0.4, -0.2) is 61.2 Å². The summed E-state index contributed by atoms with van der Waals surface area (Å²) in [7, 11) is 0. The van der Waals surface area contributed by atoms with Gasteiger partial charge in [-0.25, -0.2) is 0 Å². The van der Waals surface area contributed by atoms with Crippen molar-refractivity contribution in [3.8, 4) is 0 Å². The summed E-state index contributed by atoms with van der Waals surface area (Å²) in [6.45, 7) is 18.1. The van der Waals surface area contributed by atoms with Crippen LogP contribution >= 0.6 is 0 Å². The van der Waals surface area contributed by atoms with E-state index in [1.165, 1.54) is 71.5 Å². The number of nitrogens with zero attached hydrogens (tertiary/aromatic N) is 2. The Labute approximate surface area is 126 Å². The van der Waals surface area contributed by atoms with Gasteiger partial charge in [0.15, 0.2) is 0 Å². The molecule has 1 atom stereocenters. The summed E-state index contributed by atoms with van der Waals surface area (Å²) in [5, 5.41) is 3.65. The van der Waals surface area contributed by atoms with E-state index in [1.54, 1.807) is 0 Å². The maximum absolute atomic E-state index is 3.65. The lowest BCUT2D eigenvalue weighted by molar-refractivity contribution is 0.0299. The van der Waals surface area contributed by atoms with Crippen molar-refractivity contribution in [2.75, 3.05) is 45.8 Å². The molecule has 20 heavy (non-hydrogen) atoms. The fraction of sp³-hybridized carbons (Fsp3) is 1.00. The highest BCUT2D eigenvalue weighted by Crippen LogP contribution is 2.33. The minimum atomic E-state index is 0.333. The Morgan fingerprint density at radius 3 is 2.30 bits per heavy atom. The second-order valence-electron chi connectivity index (χ2n) is 7.96. The van der Waals surface area contributed by atoms with Gasteiger partial charge < -0.3 is 10.2 Å². The second-order valence-corrected chi connectivity index (χ2v) is 7.96. The fourth-order valence-electron chi connectivity index (χ4n) is 4.04. The molecular formula is C17H35N3. The van der Waals surface area contributed by atoms with Crippen LogP contribution in [0, 0.1) is 5.41 Å². The summed E-state index contributed by atoms with van der Waals surface area (Å²) in [5.41, 5.74) is 0.885. The normalized spacial score (nSPS) is 30.6. The van der Waals surface area contributed by atoms with Gasteiger partial charge in [-0.2, -0.15) is 0 Å². The van der Waals surface area contributed by atoms with Crippen molar-refractivity contribution in [3.05, 3.63) is 0 Å². The van der Waals surface area contributed by atoms with Gasteiger partial charge in [-0.05, 0) is 52.0 Å². The van der Waals surface area contributed by atoms with Crippen LogP contribution in [0.2, 0.25) is 0 Å². The van der Waals surface area contributed by atoms with E-state index in [0.717, 1.165) is 0 Å². The highest BCUT2D eigenvalue weighted by Gasteiger charge is 2.34. The van der Waals surface area contributed by atoms with Gasteiger partial charge in [0.05, 0.1) is 0 Å². The van der Waals surface area contributed by atoms with E-state index in [1.807, 2.05) is 0 Å². The number of piperazine rings is 1. The standard InChI is InChI=1S/C17H35N3/c1-5-7-17(8-6-9-18-14-17)15-19-10-12-20(13-11-19)16(2,3)4/h18H,5-15H2,1-4H3. The predicted octanol–water partition coefficient (Wildman–Crippen LogP) is 2.57. The summed E-state index contributed by atoms with van der Waals surface area (Å²) in [6, 6.07) is 0. The van der Waals surface area contributed by atoms with Crippen LogP contribution in [0.25, 0.3) is 0 Å². The predicted molar refractivity (Wildman–Crippen MR) is 87.2 cm³/mol. The summed E-state index contributed by atoms with van der Waals surface area (Å²) >= 11 is 0. The van der Waals surface area contributed by atoms with Crippen molar-refractivity contribution < 1.29 is 0 Å². The molecule has 0 saturated carbocycles. The molecule has 3 heteroatoms. The highest BCUT2D eigenvalue weighted by atomic mass is 15.3. The monoisotopic (exact) mass is 281 g/mol. The SMILES string of the molecule is CCCC1(CN2CCN(C(C)(C)C)CC2)CCCNC1. The van der Waals surface area contributed by atoms with Crippen LogP contribution in [0.1, 0.15) is 53.4 Å². The first-order valence-electron chi connectivity index (χ1n) is 8.63. The number of hydrogen-bond acceptors (Lipinski definition) is 3. The van der Waals surface area contributed by atoms with Crippen LogP contribution in [0.5, 0.6) is 0 Å². The zero-order valence-electron chi connectivity index (χ0n) is 14.2. The number of piperidine rings is 1. The van der Waals surface area contributed by atoms with Crippen LogP contribution in [0.3, 0.4) is 0 Å². The van der Waals surface area contributed by atoms with Crippen molar-refractivity contribution >= 4 is 0 Å². The third-order valence-electron chi connectivity index (χ3n) is 5.22. The van der Waals surface area contributed by atoms with E-state index in [2.05, 4.69) is 42.8 Å². The Morgan fingerprint density at radius 1 is 1.10 bits per heavy atom. The molecule has 0 bridgehead atoms. The molecule has 0 spiro atoms. The summed E-state index contributed by atoms with van der Waals surface area (Å²) in [4.78, 5) is 5.36. The molecule has 2 fully saturated rings. The molecule has 2 rings (SSSR count). The Bertz CT molecular complexity index is 276. The average Bonchev–Trinajstić information content (AvgIpc) is 2.39. The van der Waals surface area contributed by atoms with Gasteiger partial charge in [0.1, 0.15) is 0 Å². The van der Waals surface area contributed by atoms with E-state index >= 15 is 0 Å². The summed E-state index contributed by atoms with van der Waals surface area (Å²) in [6.07, 6.45) is 5.50. The largest absolute Gasteiger partial charge is 0.316 e. The minimum absolute atomic E-state index is 0.333. The summed E-state index contributed by atoms with van der Waals surface area (Å²) in [5.74, 6) is 0. The Kier molecular flexibility index (Phi) is 5.49. The van der Waals surface area contributed by atoms with Gasteiger partial charge in [-0.15, -0.1) is 0 Å². The van der Waals surface area contributed by atoms with E-state index < -0.39 is 0 Å². The molecule has 1 N–H and O–H groups in total. The van der Waals surface area contributed by atoms with Gasteiger partial charge >= 0.3 is 0 Å². The topological polar surface area (TPSA) is 18.5 Å². The molecule has 1 unspecified atom stereocenters. The molecular weight excluding hydrogens is 246 g/mol. The molecule has 0 aromatic heterocycles. The van der Waals surface area contributed by atoms with E-state index in [-0.39, 0.29) is 0 Å². The maximum atomic E-state index is 3.65. The number of hydrogen-bond donors (Lipinski definition) is 1. The van der Waals surface area contributed by atoms with Crippen LogP contribution in [-0.2, 0) is 0 Å². The van der Waals surface area contributed by atoms with E-state index in [4.69, 9.17) is 0 Å². The first-order valence-corrected chi connectivity index (χ1v) is 8.63. The van der Waals surface area contributed by atoms with Crippen LogP contribution in [0.4, 0.5) is 0 Å². The lowest BCUT2D eigenvalue weighted by Crippen LogP contribution is -2.56. The molecule has 2 aliphatic heterocycles. The maximum Gasteiger partial charge on any atom is 0.0126 e. The smallest absolute Gasteiger partial charge is 0.0126 e. The highest BCUT2D eigenvalue weighted by molar-refractivity contribution is 4.90. The minimum Gasteiger partial charge on any atom is -0.316 e. The van der Waals surface area contributed by atoms with Crippen LogP contribution < -0.4 is 5.32 Å². The van der Waals surface area contributed by atoms with Crippen molar-refractivity contribution in [1.29, 1.82) is 0 Å². The van der Waals surface area contributed by atoms with Gasteiger partial charge in [-0.1, -0.05) is 13.3 Å². The van der Waals surface area contributed by atoms with Crippen LogP contribution in [0.15, 0.2) is 0 Å². The van der Waals surface area contributed by atoms with E-state index in [9.17, 15) is 0 Å². The molecule has 2 aliphatic rings. The lowest BCUT2D eigenvalue weighted by atomic mass is 9.76. The van der Waals surface area contributed by atoms with E-state index in [0.29, 0.717) is 11.0 Å². The zero-order valence-corrected chi connectivity index (χ0v) is 14.2. The fourth-order valence-corrected chi connectivity index (χ4v) is 4.04. The molecule has 0 amide bonds. The van der Waals surface area contributed by atoms with Crippen molar-refractivity contribution in [3.63, 3.8) is 0 Å². The Hall–Kier alpha value is -0.120. The Morgan fingerprint density at radius 2 is 1.80 bits per heavy atom. The molecule has 0 radical (unpaired) electrons. The third kappa shape index (κ3) is 4.19. The van der Waals surface area contributed by atoms with Gasteiger partial charge in [-0.3, -0.25) is 4.90 Å². The van der Waals surface area contributed by atoms with Gasteiger partial charge in [0.25, 0.3) is 0 Å². The second kappa shape index (κ2) is 6.76. The molecule has 0 aromatic carbocycles. The molecule has 3 nitrogen and oxygen atoms in total. The molecule has 2 saturated heterocycles. The quantitative estimate of drug-likeness (QED) is 0.854. The van der Waals surface area contributed by atoms with Crippen molar-refractivity contribution in [1.82, 2.24) is 15.1 Å². The number of rotatable bonds is 4. The average molecular weight is 281 g/mol. The third-order valence-corrected chi connectivity index (χ3v) is 5.22. The molecule has 0 aromatic rings. The first-order chi connectivity index (χ1) is 9.45. The molecule has 118 valence electrons. The Balaban J connectivity index is 1.86. The van der Waals surface area contributed by atoms with Crippen molar-refractivity contribution in [2.45, 2.75) is 58.9 Å². The van der Waals surface area contributed by atoms with Gasteiger partial charge in [0.2, 0.25) is 0 Å². The number of nitrogens with one attached hydrogen (secondary N) is 1. The zero-order chi connectivity index (χ0) is 14.6. The molecule has 2 heterocycles. The van der Waals surface area contributed by atoms with Crippen molar-refractivity contribution in [2.24, 2.45) is 5.41 Å².